The van der Waals surface area contributed by atoms with Crippen molar-refractivity contribution in [1.29, 1.82) is 0 Å². The lowest BCUT2D eigenvalue weighted by Gasteiger charge is -2.15. The average Bonchev–Trinajstić information content (AvgIpc) is 2.53. The monoisotopic (exact) mass is 315 g/mol. The van der Waals surface area contributed by atoms with Gasteiger partial charge in [0.1, 0.15) is 11.6 Å². The highest BCUT2D eigenvalue weighted by atomic mass is 16.5. The van der Waals surface area contributed by atoms with Gasteiger partial charge in [0, 0.05) is 32.1 Å². The molecular formula is C17H25N5O. The molecule has 1 heterocycles. The van der Waals surface area contributed by atoms with Crippen molar-refractivity contribution in [3.05, 3.63) is 35.2 Å². The van der Waals surface area contributed by atoms with Gasteiger partial charge in [-0.2, -0.15) is 15.0 Å². The minimum atomic E-state index is 0.242. The minimum Gasteiger partial charge on any atom is -0.496 e. The van der Waals surface area contributed by atoms with E-state index in [0.717, 1.165) is 17.1 Å². The number of aryl methyl sites for hydroxylation is 1. The molecule has 0 atom stereocenters. The van der Waals surface area contributed by atoms with Crippen LogP contribution in [0.5, 0.6) is 5.75 Å². The molecule has 0 aliphatic heterocycles. The number of rotatable bonds is 6. The van der Waals surface area contributed by atoms with Crippen molar-refractivity contribution in [3.63, 3.8) is 0 Å². The van der Waals surface area contributed by atoms with Gasteiger partial charge in [0.2, 0.25) is 11.9 Å². The highest BCUT2D eigenvalue weighted by Crippen LogP contribution is 2.21. The molecule has 0 aliphatic rings. The number of hydrogen-bond acceptors (Lipinski definition) is 6. The normalized spacial score (nSPS) is 10.7. The molecule has 1 aromatic heterocycles. The number of nitrogens with one attached hydrogen (secondary N) is 1. The Morgan fingerprint density at radius 1 is 1.17 bits per heavy atom. The van der Waals surface area contributed by atoms with E-state index in [1.165, 1.54) is 5.56 Å². The lowest BCUT2D eigenvalue weighted by molar-refractivity contribution is 0.410. The lowest BCUT2D eigenvalue weighted by Crippen LogP contribution is -2.17. The molecule has 0 fully saturated rings. The van der Waals surface area contributed by atoms with Crippen LogP contribution in [0.2, 0.25) is 0 Å². The highest BCUT2D eigenvalue weighted by Gasteiger charge is 2.11. The maximum atomic E-state index is 5.44. The maximum absolute atomic E-state index is 5.44. The molecule has 124 valence electrons. The van der Waals surface area contributed by atoms with Crippen LogP contribution in [0.25, 0.3) is 0 Å². The van der Waals surface area contributed by atoms with Crippen molar-refractivity contribution in [2.45, 2.75) is 33.2 Å². The third-order valence-electron chi connectivity index (χ3n) is 3.44. The van der Waals surface area contributed by atoms with Crippen LogP contribution in [0.15, 0.2) is 18.2 Å². The van der Waals surface area contributed by atoms with E-state index in [0.29, 0.717) is 18.4 Å². The average molecular weight is 315 g/mol. The zero-order valence-corrected chi connectivity index (χ0v) is 14.7. The number of ether oxygens (including phenoxy) is 1. The Bertz CT molecular complexity index is 644. The smallest absolute Gasteiger partial charge is 0.229 e. The van der Waals surface area contributed by atoms with Gasteiger partial charge >= 0.3 is 0 Å². The summed E-state index contributed by atoms with van der Waals surface area (Å²) in [5, 5.41) is 3.28. The third kappa shape index (κ3) is 4.31. The Hall–Kier alpha value is -2.37. The predicted molar refractivity (Wildman–Crippen MR) is 93.3 cm³/mol. The summed E-state index contributed by atoms with van der Waals surface area (Å²) in [6.07, 6.45) is 0. The van der Waals surface area contributed by atoms with Crippen molar-refractivity contribution in [1.82, 2.24) is 15.0 Å². The molecule has 23 heavy (non-hydrogen) atoms. The number of benzene rings is 1. The fourth-order valence-electron chi connectivity index (χ4n) is 2.09. The van der Waals surface area contributed by atoms with Crippen LogP contribution in [0, 0.1) is 6.92 Å². The summed E-state index contributed by atoms with van der Waals surface area (Å²) < 4.78 is 5.44. The van der Waals surface area contributed by atoms with Crippen LogP contribution in [-0.2, 0) is 6.54 Å². The molecule has 0 amide bonds. The molecule has 0 spiro atoms. The second-order valence-electron chi connectivity index (χ2n) is 6.04. The molecule has 1 N–H and O–H groups in total. The fourth-order valence-corrected chi connectivity index (χ4v) is 2.09. The molecule has 1 aromatic carbocycles. The largest absolute Gasteiger partial charge is 0.496 e. The first kappa shape index (κ1) is 17.0. The van der Waals surface area contributed by atoms with E-state index in [1.54, 1.807) is 7.11 Å². The first-order valence-electron chi connectivity index (χ1n) is 7.71. The summed E-state index contributed by atoms with van der Waals surface area (Å²) in [6, 6.07) is 6.14. The van der Waals surface area contributed by atoms with Crippen LogP contribution in [0.3, 0.4) is 0 Å². The molecule has 0 saturated carbocycles. The first-order chi connectivity index (χ1) is 10.9. The SMILES string of the molecule is COc1cc(C)ccc1CNc1nc(C(C)C)nc(N(C)C)n1. The molecule has 0 radical (unpaired) electrons. The minimum absolute atomic E-state index is 0.242. The second-order valence-corrected chi connectivity index (χ2v) is 6.04. The summed E-state index contributed by atoms with van der Waals surface area (Å²) in [6.45, 7) is 6.78. The van der Waals surface area contributed by atoms with E-state index in [-0.39, 0.29) is 5.92 Å². The highest BCUT2D eigenvalue weighted by molar-refractivity contribution is 5.41. The Morgan fingerprint density at radius 3 is 2.52 bits per heavy atom. The van der Waals surface area contributed by atoms with E-state index >= 15 is 0 Å². The Labute approximate surface area is 137 Å². The van der Waals surface area contributed by atoms with E-state index in [1.807, 2.05) is 32.0 Å². The molecule has 0 aliphatic carbocycles. The Morgan fingerprint density at radius 2 is 1.91 bits per heavy atom. The summed E-state index contributed by atoms with van der Waals surface area (Å²) in [5.41, 5.74) is 2.23. The Balaban J connectivity index is 2.23. The van der Waals surface area contributed by atoms with E-state index in [9.17, 15) is 0 Å². The zero-order chi connectivity index (χ0) is 17.0. The number of aromatic nitrogens is 3. The molecule has 6 nitrogen and oxygen atoms in total. The molecular weight excluding hydrogens is 290 g/mol. The van der Waals surface area contributed by atoms with E-state index < -0.39 is 0 Å². The van der Waals surface area contributed by atoms with Gasteiger partial charge in [-0.25, -0.2) is 0 Å². The van der Waals surface area contributed by atoms with Crippen molar-refractivity contribution in [2.24, 2.45) is 0 Å². The van der Waals surface area contributed by atoms with Gasteiger partial charge in [0.25, 0.3) is 0 Å². The molecule has 0 unspecified atom stereocenters. The van der Waals surface area contributed by atoms with Gasteiger partial charge in [-0.1, -0.05) is 26.0 Å². The summed E-state index contributed by atoms with van der Waals surface area (Å²) in [5.74, 6) is 3.12. The standard InChI is InChI=1S/C17H25N5O/c1-11(2)15-19-16(21-17(20-15)22(4)5)18-10-13-8-7-12(3)9-14(13)23-6/h7-9,11H,10H2,1-6H3,(H,18,19,20,21). The van der Waals surface area contributed by atoms with Gasteiger partial charge in [-0.05, 0) is 18.6 Å². The molecule has 2 aromatic rings. The number of hydrogen-bond donors (Lipinski definition) is 1. The fraction of sp³-hybridized carbons (Fsp3) is 0.471. The maximum Gasteiger partial charge on any atom is 0.229 e. The van der Waals surface area contributed by atoms with Crippen LogP contribution in [-0.4, -0.2) is 36.2 Å². The van der Waals surface area contributed by atoms with Gasteiger partial charge in [-0.3, -0.25) is 0 Å². The molecule has 0 bridgehead atoms. The van der Waals surface area contributed by atoms with Crippen molar-refractivity contribution in [2.75, 3.05) is 31.4 Å². The molecule has 6 heteroatoms. The van der Waals surface area contributed by atoms with Crippen LogP contribution in [0.1, 0.15) is 36.7 Å². The first-order valence-corrected chi connectivity index (χ1v) is 7.71. The van der Waals surface area contributed by atoms with E-state index in [4.69, 9.17) is 4.74 Å². The summed E-state index contributed by atoms with van der Waals surface area (Å²) in [4.78, 5) is 15.3. The van der Waals surface area contributed by atoms with Crippen LogP contribution < -0.4 is 15.0 Å². The predicted octanol–water partition coefficient (Wildman–Crippen LogP) is 2.99. The number of methoxy groups -OCH3 is 1. The summed E-state index contributed by atoms with van der Waals surface area (Å²) >= 11 is 0. The van der Waals surface area contributed by atoms with Crippen LogP contribution >= 0.6 is 0 Å². The van der Waals surface area contributed by atoms with Crippen molar-refractivity contribution >= 4 is 11.9 Å². The van der Waals surface area contributed by atoms with Gasteiger partial charge in [0.05, 0.1) is 7.11 Å². The Kier molecular flexibility index (Phi) is 5.36. The molecule has 0 saturated heterocycles. The van der Waals surface area contributed by atoms with E-state index in [2.05, 4.69) is 46.2 Å². The molecule has 2 rings (SSSR count). The quantitative estimate of drug-likeness (QED) is 0.884. The third-order valence-corrected chi connectivity index (χ3v) is 3.44. The zero-order valence-electron chi connectivity index (χ0n) is 14.7. The van der Waals surface area contributed by atoms with Gasteiger partial charge in [-0.15, -0.1) is 0 Å². The van der Waals surface area contributed by atoms with Crippen molar-refractivity contribution in [3.8, 4) is 5.75 Å². The van der Waals surface area contributed by atoms with Crippen LogP contribution in [0.4, 0.5) is 11.9 Å². The summed E-state index contributed by atoms with van der Waals surface area (Å²) in [7, 11) is 5.53. The lowest BCUT2D eigenvalue weighted by atomic mass is 10.1. The number of anilines is 2. The number of nitrogens with zero attached hydrogens (tertiary/aromatic N) is 4. The van der Waals surface area contributed by atoms with Crippen molar-refractivity contribution < 1.29 is 4.74 Å². The topological polar surface area (TPSA) is 63.2 Å². The van der Waals surface area contributed by atoms with Gasteiger partial charge < -0.3 is 15.0 Å². The van der Waals surface area contributed by atoms with Gasteiger partial charge in [0.15, 0.2) is 0 Å². The second kappa shape index (κ2) is 7.26.